The highest BCUT2D eigenvalue weighted by Crippen LogP contribution is 2.38. The SMILES string of the molecule is COCC1CCN(C(=O)C2(c3ccccc3)CCN(C)CC2)C1. The molecule has 1 aromatic carbocycles. The molecule has 0 aromatic heterocycles. The van der Waals surface area contributed by atoms with Gasteiger partial charge in [-0.1, -0.05) is 30.3 Å². The van der Waals surface area contributed by atoms with Gasteiger partial charge in [0.2, 0.25) is 5.91 Å². The summed E-state index contributed by atoms with van der Waals surface area (Å²) in [5.41, 5.74) is 0.851. The highest BCUT2D eigenvalue weighted by Gasteiger charge is 2.45. The zero-order valence-electron chi connectivity index (χ0n) is 14.3. The van der Waals surface area contributed by atoms with Crippen LogP contribution < -0.4 is 0 Å². The monoisotopic (exact) mass is 316 g/mol. The van der Waals surface area contributed by atoms with Crippen LogP contribution in [0.15, 0.2) is 30.3 Å². The summed E-state index contributed by atoms with van der Waals surface area (Å²) < 4.78 is 5.28. The van der Waals surface area contributed by atoms with Crippen molar-refractivity contribution in [2.75, 3.05) is 46.9 Å². The Morgan fingerprint density at radius 2 is 1.91 bits per heavy atom. The van der Waals surface area contributed by atoms with Gasteiger partial charge in [-0.15, -0.1) is 0 Å². The largest absolute Gasteiger partial charge is 0.384 e. The summed E-state index contributed by atoms with van der Waals surface area (Å²) in [4.78, 5) is 17.9. The molecule has 23 heavy (non-hydrogen) atoms. The van der Waals surface area contributed by atoms with Gasteiger partial charge in [0.1, 0.15) is 0 Å². The summed E-state index contributed by atoms with van der Waals surface area (Å²) in [5, 5.41) is 0. The Hall–Kier alpha value is -1.39. The maximum Gasteiger partial charge on any atom is 0.233 e. The molecule has 2 aliphatic heterocycles. The minimum absolute atomic E-state index is 0.329. The summed E-state index contributed by atoms with van der Waals surface area (Å²) in [7, 11) is 3.89. The predicted molar refractivity (Wildman–Crippen MR) is 91.4 cm³/mol. The molecule has 0 radical (unpaired) electrons. The molecule has 2 fully saturated rings. The van der Waals surface area contributed by atoms with Crippen LogP contribution in [0.3, 0.4) is 0 Å². The molecule has 2 saturated heterocycles. The van der Waals surface area contributed by atoms with E-state index in [0.29, 0.717) is 11.8 Å². The average molecular weight is 316 g/mol. The van der Waals surface area contributed by atoms with Crippen molar-refractivity contribution in [3.05, 3.63) is 35.9 Å². The molecule has 0 bridgehead atoms. The van der Waals surface area contributed by atoms with E-state index in [4.69, 9.17) is 4.74 Å². The average Bonchev–Trinajstić information content (AvgIpc) is 3.05. The van der Waals surface area contributed by atoms with E-state index in [-0.39, 0.29) is 5.41 Å². The third kappa shape index (κ3) is 3.29. The molecule has 0 saturated carbocycles. The summed E-state index contributed by atoms with van der Waals surface area (Å²) in [6, 6.07) is 10.4. The Balaban J connectivity index is 1.83. The van der Waals surface area contributed by atoms with Gasteiger partial charge in [-0.05, 0) is 45.0 Å². The van der Waals surface area contributed by atoms with Crippen LogP contribution in [0.4, 0.5) is 0 Å². The lowest BCUT2D eigenvalue weighted by Gasteiger charge is -2.42. The molecule has 2 aliphatic rings. The van der Waals surface area contributed by atoms with E-state index in [0.717, 1.165) is 52.0 Å². The van der Waals surface area contributed by atoms with Crippen molar-refractivity contribution < 1.29 is 9.53 Å². The molecule has 126 valence electrons. The first-order valence-electron chi connectivity index (χ1n) is 8.68. The van der Waals surface area contributed by atoms with E-state index in [1.807, 2.05) is 6.07 Å². The molecule has 4 nitrogen and oxygen atoms in total. The molecular formula is C19H28N2O2. The number of hydrogen-bond donors (Lipinski definition) is 0. The number of methoxy groups -OCH3 is 1. The van der Waals surface area contributed by atoms with E-state index >= 15 is 0 Å². The number of ether oxygens (including phenoxy) is 1. The Labute approximate surface area is 139 Å². The fourth-order valence-electron chi connectivity index (χ4n) is 4.07. The lowest BCUT2D eigenvalue weighted by Crippen LogP contribution is -2.52. The number of benzene rings is 1. The fraction of sp³-hybridized carbons (Fsp3) is 0.632. The van der Waals surface area contributed by atoms with Crippen molar-refractivity contribution in [2.24, 2.45) is 5.92 Å². The Morgan fingerprint density at radius 3 is 2.57 bits per heavy atom. The van der Waals surface area contributed by atoms with E-state index in [2.05, 4.69) is 41.1 Å². The van der Waals surface area contributed by atoms with Crippen LogP contribution in [0.5, 0.6) is 0 Å². The molecule has 4 heteroatoms. The molecule has 3 rings (SSSR count). The second-order valence-electron chi connectivity index (χ2n) is 7.11. The van der Waals surface area contributed by atoms with Crippen LogP contribution in [-0.4, -0.2) is 62.7 Å². The lowest BCUT2D eigenvalue weighted by molar-refractivity contribution is -0.138. The van der Waals surface area contributed by atoms with Gasteiger partial charge in [0, 0.05) is 26.1 Å². The maximum absolute atomic E-state index is 13.4. The molecule has 1 atom stereocenters. The summed E-state index contributed by atoms with van der Waals surface area (Å²) in [6.45, 7) is 4.44. The zero-order chi connectivity index (χ0) is 16.3. The molecule has 0 N–H and O–H groups in total. The molecule has 0 aliphatic carbocycles. The third-order valence-corrected chi connectivity index (χ3v) is 5.55. The number of likely N-dealkylation sites (tertiary alicyclic amines) is 2. The minimum atomic E-state index is -0.338. The maximum atomic E-state index is 13.4. The molecule has 1 unspecified atom stereocenters. The second kappa shape index (κ2) is 7.02. The van der Waals surface area contributed by atoms with Crippen LogP contribution >= 0.6 is 0 Å². The van der Waals surface area contributed by atoms with E-state index < -0.39 is 0 Å². The number of piperidine rings is 1. The minimum Gasteiger partial charge on any atom is -0.384 e. The van der Waals surface area contributed by atoms with E-state index in [1.165, 1.54) is 5.56 Å². The number of rotatable bonds is 4. The first-order valence-corrected chi connectivity index (χ1v) is 8.68. The first kappa shape index (κ1) is 16.5. The normalized spacial score (nSPS) is 24.8. The molecular weight excluding hydrogens is 288 g/mol. The third-order valence-electron chi connectivity index (χ3n) is 5.55. The van der Waals surface area contributed by atoms with Gasteiger partial charge in [-0.3, -0.25) is 4.79 Å². The highest BCUT2D eigenvalue weighted by molar-refractivity contribution is 5.88. The number of nitrogens with zero attached hydrogens (tertiary/aromatic N) is 2. The Bertz CT molecular complexity index is 523. The number of carbonyl (C=O) groups excluding carboxylic acids is 1. The number of carbonyl (C=O) groups is 1. The van der Waals surface area contributed by atoms with Crippen LogP contribution in [-0.2, 0) is 14.9 Å². The van der Waals surface area contributed by atoms with E-state index in [1.54, 1.807) is 7.11 Å². The number of hydrogen-bond acceptors (Lipinski definition) is 3. The Morgan fingerprint density at radius 1 is 1.22 bits per heavy atom. The van der Waals surface area contributed by atoms with Gasteiger partial charge >= 0.3 is 0 Å². The number of amides is 1. The van der Waals surface area contributed by atoms with Crippen molar-refractivity contribution in [1.29, 1.82) is 0 Å². The molecule has 2 heterocycles. The van der Waals surface area contributed by atoms with Gasteiger partial charge in [-0.25, -0.2) is 0 Å². The molecule has 1 aromatic rings. The van der Waals surface area contributed by atoms with Crippen LogP contribution in [0.2, 0.25) is 0 Å². The van der Waals surface area contributed by atoms with Crippen LogP contribution in [0.1, 0.15) is 24.8 Å². The van der Waals surface area contributed by atoms with Crippen molar-refractivity contribution in [3.63, 3.8) is 0 Å². The molecule has 0 spiro atoms. The molecule has 1 amide bonds. The zero-order valence-corrected chi connectivity index (χ0v) is 14.3. The smallest absolute Gasteiger partial charge is 0.233 e. The van der Waals surface area contributed by atoms with Gasteiger partial charge in [0.05, 0.1) is 12.0 Å². The van der Waals surface area contributed by atoms with Crippen molar-refractivity contribution >= 4 is 5.91 Å². The van der Waals surface area contributed by atoms with Gasteiger partial charge in [0.15, 0.2) is 0 Å². The lowest BCUT2D eigenvalue weighted by atomic mass is 9.71. The van der Waals surface area contributed by atoms with Crippen molar-refractivity contribution in [2.45, 2.75) is 24.7 Å². The predicted octanol–water partition coefficient (Wildman–Crippen LogP) is 2.14. The van der Waals surface area contributed by atoms with Gasteiger partial charge < -0.3 is 14.5 Å². The van der Waals surface area contributed by atoms with Crippen molar-refractivity contribution in [1.82, 2.24) is 9.80 Å². The first-order chi connectivity index (χ1) is 11.2. The Kier molecular flexibility index (Phi) is 5.02. The summed E-state index contributed by atoms with van der Waals surface area (Å²) >= 11 is 0. The quantitative estimate of drug-likeness (QED) is 0.853. The highest BCUT2D eigenvalue weighted by atomic mass is 16.5. The standard InChI is InChI=1S/C19H28N2O2/c1-20-12-9-19(10-13-20,17-6-4-3-5-7-17)18(22)21-11-8-16(14-21)15-23-2/h3-7,16H,8-15H2,1-2H3. The van der Waals surface area contributed by atoms with Crippen molar-refractivity contribution in [3.8, 4) is 0 Å². The topological polar surface area (TPSA) is 32.8 Å². The van der Waals surface area contributed by atoms with Gasteiger partial charge in [-0.2, -0.15) is 0 Å². The second-order valence-corrected chi connectivity index (χ2v) is 7.11. The van der Waals surface area contributed by atoms with Crippen LogP contribution in [0, 0.1) is 5.92 Å². The summed E-state index contributed by atoms with van der Waals surface area (Å²) in [6.07, 6.45) is 2.89. The van der Waals surface area contributed by atoms with E-state index in [9.17, 15) is 4.79 Å². The fourth-order valence-corrected chi connectivity index (χ4v) is 4.07. The van der Waals surface area contributed by atoms with Gasteiger partial charge in [0.25, 0.3) is 0 Å². The van der Waals surface area contributed by atoms with Crippen LogP contribution in [0.25, 0.3) is 0 Å². The summed E-state index contributed by atoms with van der Waals surface area (Å²) in [5.74, 6) is 0.818.